The van der Waals surface area contributed by atoms with Crippen LogP contribution in [0.3, 0.4) is 0 Å². The van der Waals surface area contributed by atoms with Crippen molar-refractivity contribution in [2.24, 2.45) is 17.3 Å². The van der Waals surface area contributed by atoms with E-state index in [0.29, 0.717) is 11.8 Å². The SMILES string of the molecule is O=C1C=CC(=O)C12C[C@@H]1CC[C@H]2C1. The fourth-order valence-electron chi connectivity index (χ4n) is 3.50. The van der Waals surface area contributed by atoms with Crippen LogP contribution >= 0.6 is 0 Å². The third-order valence-corrected chi connectivity index (χ3v) is 4.11. The van der Waals surface area contributed by atoms with Gasteiger partial charge in [-0.3, -0.25) is 9.59 Å². The quantitative estimate of drug-likeness (QED) is 0.524. The first-order chi connectivity index (χ1) is 6.23. The molecule has 2 atom stereocenters. The lowest BCUT2D eigenvalue weighted by atomic mass is 9.70. The summed E-state index contributed by atoms with van der Waals surface area (Å²) < 4.78 is 0. The number of fused-ring (bicyclic) bond motifs is 3. The molecule has 0 heterocycles. The molecule has 0 N–H and O–H groups in total. The van der Waals surface area contributed by atoms with E-state index in [1.807, 2.05) is 0 Å². The van der Waals surface area contributed by atoms with E-state index in [0.717, 1.165) is 19.3 Å². The zero-order valence-corrected chi connectivity index (χ0v) is 7.45. The molecular formula is C11H12O2. The summed E-state index contributed by atoms with van der Waals surface area (Å²) in [4.78, 5) is 23.4. The Labute approximate surface area is 77.0 Å². The molecule has 3 aliphatic carbocycles. The van der Waals surface area contributed by atoms with Gasteiger partial charge in [0.05, 0.1) is 5.41 Å². The van der Waals surface area contributed by atoms with Gasteiger partial charge in [0.25, 0.3) is 0 Å². The van der Waals surface area contributed by atoms with E-state index in [9.17, 15) is 9.59 Å². The van der Waals surface area contributed by atoms with Crippen molar-refractivity contribution in [3.05, 3.63) is 12.2 Å². The predicted octanol–water partition coefficient (Wildman–Crippen LogP) is 1.50. The van der Waals surface area contributed by atoms with Crippen molar-refractivity contribution >= 4 is 11.6 Å². The van der Waals surface area contributed by atoms with Crippen LogP contribution in [-0.2, 0) is 9.59 Å². The molecule has 13 heavy (non-hydrogen) atoms. The zero-order valence-electron chi connectivity index (χ0n) is 7.45. The van der Waals surface area contributed by atoms with E-state index in [1.165, 1.54) is 18.6 Å². The smallest absolute Gasteiger partial charge is 0.169 e. The van der Waals surface area contributed by atoms with Crippen LogP contribution in [0, 0.1) is 17.3 Å². The van der Waals surface area contributed by atoms with Crippen molar-refractivity contribution in [3.63, 3.8) is 0 Å². The molecule has 0 aromatic heterocycles. The van der Waals surface area contributed by atoms with Crippen molar-refractivity contribution in [1.29, 1.82) is 0 Å². The maximum atomic E-state index is 11.7. The first kappa shape index (κ1) is 7.48. The van der Waals surface area contributed by atoms with Crippen molar-refractivity contribution in [3.8, 4) is 0 Å². The van der Waals surface area contributed by atoms with Crippen LogP contribution in [0.15, 0.2) is 12.2 Å². The van der Waals surface area contributed by atoms with Gasteiger partial charge in [-0.25, -0.2) is 0 Å². The summed E-state index contributed by atoms with van der Waals surface area (Å²) in [5, 5.41) is 0. The topological polar surface area (TPSA) is 34.1 Å². The lowest BCUT2D eigenvalue weighted by Crippen LogP contribution is -2.38. The molecule has 2 fully saturated rings. The highest BCUT2D eigenvalue weighted by Gasteiger charge is 2.59. The average molecular weight is 176 g/mol. The molecule has 3 aliphatic rings. The minimum absolute atomic E-state index is 0.0877. The molecule has 1 spiro atoms. The van der Waals surface area contributed by atoms with Crippen LogP contribution in [0.25, 0.3) is 0 Å². The van der Waals surface area contributed by atoms with Crippen LogP contribution in [0.5, 0.6) is 0 Å². The Hall–Kier alpha value is -0.920. The summed E-state index contributed by atoms with van der Waals surface area (Å²) in [6.07, 6.45) is 7.24. The third kappa shape index (κ3) is 0.702. The van der Waals surface area contributed by atoms with E-state index in [-0.39, 0.29) is 11.6 Å². The number of carbonyl (C=O) groups is 2. The van der Waals surface area contributed by atoms with Gasteiger partial charge in [0.2, 0.25) is 0 Å². The third-order valence-electron chi connectivity index (χ3n) is 4.11. The average Bonchev–Trinajstić information content (AvgIpc) is 2.77. The zero-order chi connectivity index (χ0) is 9.05. The second-order valence-corrected chi connectivity index (χ2v) is 4.61. The highest BCUT2D eigenvalue weighted by molar-refractivity contribution is 6.22. The maximum absolute atomic E-state index is 11.7. The monoisotopic (exact) mass is 176 g/mol. The van der Waals surface area contributed by atoms with Gasteiger partial charge in [-0.15, -0.1) is 0 Å². The summed E-state index contributed by atoms with van der Waals surface area (Å²) in [7, 11) is 0. The van der Waals surface area contributed by atoms with E-state index < -0.39 is 5.41 Å². The summed E-state index contributed by atoms with van der Waals surface area (Å²) in [5.74, 6) is 1.19. The minimum Gasteiger partial charge on any atom is -0.294 e. The van der Waals surface area contributed by atoms with Gasteiger partial charge in [-0.1, -0.05) is 6.42 Å². The molecule has 0 aliphatic heterocycles. The summed E-state index contributed by atoms with van der Waals surface area (Å²) in [5.41, 5.74) is -0.567. The molecule has 0 unspecified atom stereocenters. The molecule has 0 aromatic rings. The molecule has 2 heteroatoms. The maximum Gasteiger partial charge on any atom is 0.169 e. The fraction of sp³-hybridized carbons (Fsp3) is 0.636. The van der Waals surface area contributed by atoms with Crippen molar-refractivity contribution in [2.75, 3.05) is 0 Å². The second kappa shape index (κ2) is 2.11. The predicted molar refractivity (Wildman–Crippen MR) is 47.0 cm³/mol. The number of rotatable bonds is 0. The molecule has 0 radical (unpaired) electrons. The summed E-state index contributed by atoms with van der Waals surface area (Å²) in [6, 6.07) is 0. The van der Waals surface area contributed by atoms with Gasteiger partial charge in [0.1, 0.15) is 0 Å². The van der Waals surface area contributed by atoms with E-state index in [4.69, 9.17) is 0 Å². The molecule has 0 aromatic carbocycles. The van der Waals surface area contributed by atoms with E-state index in [1.54, 1.807) is 0 Å². The molecular weight excluding hydrogens is 164 g/mol. The Bertz CT molecular complexity index is 309. The van der Waals surface area contributed by atoms with Crippen LogP contribution in [-0.4, -0.2) is 11.6 Å². The lowest BCUT2D eigenvalue weighted by Gasteiger charge is -2.29. The summed E-state index contributed by atoms with van der Waals surface area (Å²) >= 11 is 0. The number of hydrogen-bond acceptors (Lipinski definition) is 2. The van der Waals surface area contributed by atoms with Crippen LogP contribution < -0.4 is 0 Å². The molecule has 0 saturated heterocycles. The van der Waals surface area contributed by atoms with Crippen molar-refractivity contribution in [1.82, 2.24) is 0 Å². The molecule has 3 rings (SSSR count). The summed E-state index contributed by atoms with van der Waals surface area (Å²) in [6.45, 7) is 0. The Morgan fingerprint density at radius 3 is 2.31 bits per heavy atom. The van der Waals surface area contributed by atoms with Gasteiger partial charge < -0.3 is 0 Å². The van der Waals surface area contributed by atoms with Gasteiger partial charge in [-0.2, -0.15) is 0 Å². The first-order valence-corrected chi connectivity index (χ1v) is 5.00. The number of ketones is 2. The molecule has 0 amide bonds. The van der Waals surface area contributed by atoms with Gasteiger partial charge in [0.15, 0.2) is 11.6 Å². The first-order valence-electron chi connectivity index (χ1n) is 5.00. The van der Waals surface area contributed by atoms with Gasteiger partial charge in [0, 0.05) is 0 Å². The molecule has 2 saturated carbocycles. The number of hydrogen-bond donors (Lipinski definition) is 0. The Kier molecular flexibility index (Phi) is 1.22. The van der Waals surface area contributed by atoms with Gasteiger partial charge in [-0.05, 0) is 43.3 Å². The van der Waals surface area contributed by atoms with Crippen molar-refractivity contribution < 1.29 is 9.59 Å². The lowest BCUT2D eigenvalue weighted by molar-refractivity contribution is -0.136. The largest absolute Gasteiger partial charge is 0.294 e. The molecule has 68 valence electrons. The normalized spacial score (nSPS) is 39.7. The molecule has 2 bridgehead atoms. The highest BCUT2D eigenvalue weighted by atomic mass is 16.2. The highest BCUT2D eigenvalue weighted by Crippen LogP contribution is 2.58. The van der Waals surface area contributed by atoms with Crippen LogP contribution in [0.1, 0.15) is 25.7 Å². The number of carbonyl (C=O) groups excluding carboxylic acids is 2. The van der Waals surface area contributed by atoms with Crippen LogP contribution in [0.4, 0.5) is 0 Å². The van der Waals surface area contributed by atoms with Crippen LogP contribution in [0.2, 0.25) is 0 Å². The fourth-order valence-corrected chi connectivity index (χ4v) is 3.50. The second-order valence-electron chi connectivity index (χ2n) is 4.61. The Morgan fingerprint density at radius 2 is 1.85 bits per heavy atom. The standard InChI is InChI=1S/C11H12O2/c12-9-3-4-10(13)11(9)6-7-1-2-8(11)5-7/h3-4,7-8H,1-2,5-6H2/t7-,8+/m1/s1. The van der Waals surface area contributed by atoms with E-state index in [2.05, 4.69) is 0 Å². The van der Waals surface area contributed by atoms with Crippen molar-refractivity contribution in [2.45, 2.75) is 25.7 Å². The minimum atomic E-state index is -0.567. The number of allylic oxidation sites excluding steroid dienone is 2. The Morgan fingerprint density at radius 1 is 1.15 bits per heavy atom. The molecule has 2 nitrogen and oxygen atoms in total. The van der Waals surface area contributed by atoms with E-state index >= 15 is 0 Å². The van der Waals surface area contributed by atoms with Gasteiger partial charge >= 0.3 is 0 Å². The Balaban J connectivity index is 2.07.